The van der Waals surface area contributed by atoms with Gasteiger partial charge in [0.1, 0.15) is 5.15 Å². The molecular weight excluding hydrogens is 418 g/mol. The van der Waals surface area contributed by atoms with Crippen molar-refractivity contribution in [1.82, 2.24) is 19.9 Å². The van der Waals surface area contributed by atoms with Gasteiger partial charge < -0.3 is 10.6 Å². The molecule has 2 amide bonds. The number of nitrogens with zero attached hydrogens (tertiary/aromatic N) is 3. The molecule has 0 aliphatic carbocycles. The second kappa shape index (κ2) is 8.77. The molecule has 2 heterocycles. The number of nitrogens with one attached hydrogen (secondary N) is 2. The summed E-state index contributed by atoms with van der Waals surface area (Å²) < 4.78 is 1.67. The number of thioether (sulfide) groups is 1. The molecule has 0 bridgehead atoms. The summed E-state index contributed by atoms with van der Waals surface area (Å²) in [6.45, 7) is 2.28. The van der Waals surface area contributed by atoms with Crippen LogP contribution < -0.4 is 10.6 Å². The minimum absolute atomic E-state index is 0.243. The molecule has 0 atom stereocenters. The van der Waals surface area contributed by atoms with Gasteiger partial charge in [0.2, 0.25) is 0 Å². The monoisotopic (exact) mass is 437 g/mol. The third-order valence-electron chi connectivity index (χ3n) is 4.63. The smallest absolute Gasteiger partial charge is 0.319 e. The van der Waals surface area contributed by atoms with Crippen LogP contribution in [0.15, 0.2) is 65.6 Å². The Labute approximate surface area is 183 Å². The molecule has 2 N–H and O–H groups in total. The van der Waals surface area contributed by atoms with Crippen molar-refractivity contribution in [3.05, 3.63) is 77.1 Å². The second-order valence-electron chi connectivity index (χ2n) is 6.74. The standard InChI is InChI=1S/C22H20ClN5OS/c1-14-3-5-15(6-4-14)21-18(28-20(26-21)12-11-19(23)27-28)13-24-22(29)25-16-7-9-17(30-2)10-8-16/h3-12H,13H2,1-2H3,(H2,24,25,29). The van der Waals surface area contributed by atoms with E-state index in [0.29, 0.717) is 10.8 Å². The SMILES string of the molecule is CSc1ccc(NC(=O)NCc2c(-c3ccc(C)cc3)nc3ccc(Cl)nn23)cc1. The van der Waals surface area contributed by atoms with Crippen LogP contribution in [0.1, 0.15) is 11.3 Å². The Balaban J connectivity index is 1.58. The van der Waals surface area contributed by atoms with Crippen LogP contribution in [-0.4, -0.2) is 26.9 Å². The number of halogens is 1. The van der Waals surface area contributed by atoms with Crippen LogP contribution in [0.3, 0.4) is 0 Å². The van der Waals surface area contributed by atoms with Gasteiger partial charge >= 0.3 is 6.03 Å². The highest BCUT2D eigenvalue weighted by atomic mass is 35.5. The molecule has 4 rings (SSSR count). The summed E-state index contributed by atoms with van der Waals surface area (Å²) in [5.74, 6) is 0. The predicted molar refractivity (Wildman–Crippen MR) is 122 cm³/mol. The Morgan fingerprint density at radius 3 is 2.50 bits per heavy atom. The van der Waals surface area contributed by atoms with Crippen molar-refractivity contribution in [1.29, 1.82) is 0 Å². The number of carbonyl (C=O) groups excluding carboxylic acids is 1. The first kappa shape index (κ1) is 20.3. The molecule has 0 aliphatic heterocycles. The number of hydrogen-bond acceptors (Lipinski definition) is 4. The Morgan fingerprint density at radius 2 is 1.80 bits per heavy atom. The molecule has 8 heteroatoms. The Kier molecular flexibility index (Phi) is 5.92. The summed E-state index contributed by atoms with van der Waals surface area (Å²) in [6.07, 6.45) is 2.01. The summed E-state index contributed by atoms with van der Waals surface area (Å²) in [6, 6.07) is 19.0. The summed E-state index contributed by atoms with van der Waals surface area (Å²) in [5, 5.41) is 10.5. The zero-order valence-electron chi connectivity index (χ0n) is 16.5. The molecule has 0 unspecified atom stereocenters. The number of rotatable bonds is 5. The molecule has 0 spiro atoms. The highest BCUT2D eigenvalue weighted by Gasteiger charge is 2.16. The number of fused-ring (bicyclic) bond motifs is 1. The summed E-state index contributed by atoms with van der Waals surface area (Å²) in [5.41, 5.74) is 5.02. The van der Waals surface area contributed by atoms with Gasteiger partial charge in [-0.05, 0) is 49.6 Å². The molecule has 4 aromatic rings. The average Bonchev–Trinajstić information content (AvgIpc) is 3.11. The number of imidazole rings is 1. The van der Waals surface area contributed by atoms with Crippen LogP contribution in [0.4, 0.5) is 10.5 Å². The summed E-state index contributed by atoms with van der Waals surface area (Å²) >= 11 is 7.75. The van der Waals surface area contributed by atoms with Crippen molar-refractivity contribution < 1.29 is 4.79 Å². The second-order valence-corrected chi connectivity index (χ2v) is 8.00. The van der Waals surface area contributed by atoms with E-state index in [1.807, 2.05) is 67.8 Å². The first-order valence-electron chi connectivity index (χ1n) is 9.33. The number of amides is 2. The van der Waals surface area contributed by atoms with Gasteiger partial charge in [0.15, 0.2) is 5.65 Å². The number of hydrogen-bond donors (Lipinski definition) is 2. The van der Waals surface area contributed by atoms with Gasteiger partial charge in [-0.2, -0.15) is 5.10 Å². The van der Waals surface area contributed by atoms with E-state index in [1.54, 1.807) is 22.3 Å². The van der Waals surface area contributed by atoms with Gasteiger partial charge in [-0.1, -0.05) is 41.4 Å². The summed E-state index contributed by atoms with van der Waals surface area (Å²) in [7, 11) is 0. The van der Waals surface area contributed by atoms with E-state index in [4.69, 9.17) is 16.6 Å². The van der Waals surface area contributed by atoms with Crippen molar-refractivity contribution in [3.8, 4) is 11.3 Å². The lowest BCUT2D eigenvalue weighted by Crippen LogP contribution is -2.29. The lowest BCUT2D eigenvalue weighted by Gasteiger charge is -2.09. The van der Waals surface area contributed by atoms with Crippen LogP contribution in [0.2, 0.25) is 5.15 Å². The molecule has 0 saturated heterocycles. The molecule has 152 valence electrons. The molecule has 30 heavy (non-hydrogen) atoms. The van der Waals surface area contributed by atoms with Crippen LogP contribution >= 0.6 is 23.4 Å². The maximum absolute atomic E-state index is 12.5. The molecule has 0 radical (unpaired) electrons. The minimum Gasteiger partial charge on any atom is -0.332 e. The molecule has 2 aromatic heterocycles. The molecule has 6 nitrogen and oxygen atoms in total. The number of carbonyl (C=O) groups is 1. The van der Waals surface area contributed by atoms with Crippen molar-refractivity contribution in [2.45, 2.75) is 18.4 Å². The van der Waals surface area contributed by atoms with Gasteiger partial charge in [-0.3, -0.25) is 0 Å². The topological polar surface area (TPSA) is 71.3 Å². The number of aryl methyl sites for hydroxylation is 1. The van der Waals surface area contributed by atoms with E-state index in [9.17, 15) is 4.79 Å². The fourth-order valence-corrected chi connectivity index (χ4v) is 3.62. The van der Waals surface area contributed by atoms with Crippen molar-refractivity contribution in [3.63, 3.8) is 0 Å². The van der Waals surface area contributed by atoms with Gasteiger partial charge in [0, 0.05) is 16.1 Å². The third kappa shape index (κ3) is 4.42. The maximum Gasteiger partial charge on any atom is 0.319 e. The van der Waals surface area contributed by atoms with E-state index in [-0.39, 0.29) is 12.6 Å². The van der Waals surface area contributed by atoms with E-state index >= 15 is 0 Å². The fourth-order valence-electron chi connectivity index (χ4n) is 3.07. The van der Waals surface area contributed by atoms with Gasteiger partial charge in [-0.25, -0.2) is 14.3 Å². The van der Waals surface area contributed by atoms with Gasteiger partial charge in [0.05, 0.1) is 17.9 Å². The number of aromatic nitrogens is 3. The molecule has 0 saturated carbocycles. The average molecular weight is 438 g/mol. The van der Waals surface area contributed by atoms with E-state index in [2.05, 4.69) is 15.7 Å². The zero-order valence-corrected chi connectivity index (χ0v) is 18.1. The third-order valence-corrected chi connectivity index (χ3v) is 5.57. The quantitative estimate of drug-likeness (QED) is 0.410. The van der Waals surface area contributed by atoms with Gasteiger partial charge in [-0.15, -0.1) is 11.8 Å². The highest BCUT2D eigenvalue weighted by molar-refractivity contribution is 7.98. The number of benzene rings is 2. The number of urea groups is 1. The van der Waals surface area contributed by atoms with Crippen LogP contribution in [-0.2, 0) is 6.54 Å². The van der Waals surface area contributed by atoms with E-state index < -0.39 is 0 Å². The Morgan fingerprint density at radius 1 is 1.07 bits per heavy atom. The largest absolute Gasteiger partial charge is 0.332 e. The highest BCUT2D eigenvalue weighted by Crippen LogP contribution is 2.25. The van der Waals surface area contributed by atoms with Crippen molar-refractivity contribution in [2.75, 3.05) is 11.6 Å². The molecule has 0 aliphatic rings. The fraction of sp³-hybridized carbons (Fsp3) is 0.136. The van der Waals surface area contributed by atoms with Crippen LogP contribution in [0.5, 0.6) is 0 Å². The normalized spacial score (nSPS) is 10.9. The first-order chi connectivity index (χ1) is 14.5. The zero-order chi connectivity index (χ0) is 21.1. The van der Waals surface area contributed by atoms with Gasteiger partial charge in [0.25, 0.3) is 0 Å². The van der Waals surface area contributed by atoms with Crippen molar-refractivity contribution >= 4 is 40.7 Å². The summed E-state index contributed by atoms with van der Waals surface area (Å²) in [4.78, 5) is 18.3. The molecule has 0 fully saturated rings. The lowest BCUT2D eigenvalue weighted by molar-refractivity contribution is 0.251. The minimum atomic E-state index is -0.307. The van der Waals surface area contributed by atoms with Crippen molar-refractivity contribution in [2.24, 2.45) is 0 Å². The van der Waals surface area contributed by atoms with E-state index in [1.165, 1.54) is 0 Å². The number of anilines is 1. The molecular formula is C22H20ClN5OS. The lowest BCUT2D eigenvalue weighted by atomic mass is 10.1. The predicted octanol–water partition coefficient (Wildman–Crippen LogP) is 5.40. The van der Waals surface area contributed by atoms with Crippen LogP contribution in [0.25, 0.3) is 16.9 Å². The maximum atomic E-state index is 12.5. The first-order valence-corrected chi connectivity index (χ1v) is 10.9. The Hall–Kier alpha value is -3.03. The Bertz CT molecular complexity index is 1190. The molecule has 2 aromatic carbocycles. The van der Waals surface area contributed by atoms with Crippen LogP contribution in [0, 0.1) is 6.92 Å². The van der Waals surface area contributed by atoms with E-state index in [0.717, 1.165) is 33.1 Å².